The van der Waals surface area contributed by atoms with Gasteiger partial charge in [0.15, 0.2) is 9.84 Å². The monoisotopic (exact) mass is 202 g/mol. The minimum Gasteiger partial charge on any atom is -0.382 e. The van der Waals surface area contributed by atoms with Crippen LogP contribution in [0, 0.1) is 0 Å². The Morgan fingerprint density at radius 1 is 1.46 bits per heavy atom. The zero-order valence-electron chi connectivity index (χ0n) is 7.06. The van der Waals surface area contributed by atoms with Crippen LogP contribution in [0.3, 0.4) is 0 Å². The van der Waals surface area contributed by atoms with Gasteiger partial charge in [-0.25, -0.2) is 13.4 Å². The summed E-state index contributed by atoms with van der Waals surface area (Å²) in [5.41, 5.74) is 10.6. The molecule has 0 radical (unpaired) electrons. The normalized spacial score (nSPS) is 11.5. The number of nitrogens with two attached hydrogens (primary N) is 2. The van der Waals surface area contributed by atoms with Crippen molar-refractivity contribution in [3.8, 4) is 0 Å². The third-order valence-electron chi connectivity index (χ3n) is 1.52. The Balaban J connectivity index is 3.33. The molecular formula is C6H10N4O2S. The largest absolute Gasteiger partial charge is 0.382 e. The van der Waals surface area contributed by atoms with Crippen molar-refractivity contribution in [2.24, 2.45) is 0 Å². The molecule has 1 rings (SSSR count). The Labute approximate surface area is 75.9 Å². The van der Waals surface area contributed by atoms with Gasteiger partial charge >= 0.3 is 0 Å². The average Bonchev–Trinajstić information content (AvgIpc) is 2.03. The molecule has 0 aliphatic heterocycles. The van der Waals surface area contributed by atoms with E-state index in [9.17, 15) is 8.42 Å². The van der Waals surface area contributed by atoms with Gasteiger partial charge < -0.3 is 11.5 Å². The van der Waals surface area contributed by atoms with Crippen molar-refractivity contribution in [3.63, 3.8) is 0 Å². The Bertz CT molecular complexity index is 415. The molecule has 0 saturated carbocycles. The first-order chi connectivity index (χ1) is 5.97. The van der Waals surface area contributed by atoms with Crippen LogP contribution in [0.4, 0.5) is 11.8 Å². The number of nitrogen functional groups attached to an aromatic ring is 2. The van der Waals surface area contributed by atoms with Crippen LogP contribution in [0.5, 0.6) is 0 Å². The summed E-state index contributed by atoms with van der Waals surface area (Å²) in [6, 6.07) is 0. The summed E-state index contributed by atoms with van der Waals surface area (Å²) in [5.74, 6) is -0.174. The van der Waals surface area contributed by atoms with Gasteiger partial charge in [-0.2, -0.15) is 4.98 Å². The molecule has 0 saturated heterocycles. The molecule has 0 aliphatic rings. The molecule has 0 aliphatic carbocycles. The molecule has 0 amide bonds. The molecule has 72 valence electrons. The molecule has 0 atom stereocenters. The molecule has 1 heterocycles. The Morgan fingerprint density at radius 2 is 2.08 bits per heavy atom. The highest BCUT2D eigenvalue weighted by Gasteiger charge is 2.16. The SMILES string of the molecule is CCS(=O)(=O)c1cnc(N)nc1N. The van der Waals surface area contributed by atoms with Gasteiger partial charge in [0, 0.05) is 0 Å². The van der Waals surface area contributed by atoms with E-state index >= 15 is 0 Å². The number of aromatic nitrogens is 2. The fraction of sp³-hybridized carbons (Fsp3) is 0.333. The van der Waals surface area contributed by atoms with Crippen LogP contribution in [0.25, 0.3) is 0 Å². The second-order valence-corrected chi connectivity index (χ2v) is 4.63. The molecule has 4 N–H and O–H groups in total. The third-order valence-corrected chi connectivity index (χ3v) is 3.26. The third kappa shape index (κ3) is 1.86. The average molecular weight is 202 g/mol. The van der Waals surface area contributed by atoms with Gasteiger partial charge in [-0.3, -0.25) is 0 Å². The fourth-order valence-electron chi connectivity index (χ4n) is 0.793. The van der Waals surface area contributed by atoms with E-state index in [-0.39, 0.29) is 22.4 Å². The summed E-state index contributed by atoms with van der Waals surface area (Å²) in [4.78, 5) is 7.05. The van der Waals surface area contributed by atoms with Crippen LogP contribution >= 0.6 is 0 Å². The Kier molecular flexibility index (Phi) is 2.37. The molecule has 13 heavy (non-hydrogen) atoms. The van der Waals surface area contributed by atoms with E-state index in [1.807, 2.05) is 0 Å². The summed E-state index contributed by atoms with van der Waals surface area (Å²) in [7, 11) is -3.35. The summed E-state index contributed by atoms with van der Waals surface area (Å²) in [6.45, 7) is 1.52. The minimum absolute atomic E-state index is 0.0347. The lowest BCUT2D eigenvalue weighted by molar-refractivity contribution is 0.597. The quantitative estimate of drug-likeness (QED) is 0.664. The highest BCUT2D eigenvalue weighted by Crippen LogP contribution is 2.16. The van der Waals surface area contributed by atoms with Crippen LogP contribution in [-0.4, -0.2) is 24.1 Å². The summed E-state index contributed by atoms with van der Waals surface area (Å²) >= 11 is 0. The van der Waals surface area contributed by atoms with Gasteiger partial charge in [0.1, 0.15) is 10.7 Å². The number of sulfone groups is 1. The van der Waals surface area contributed by atoms with E-state index in [1.54, 1.807) is 0 Å². The maximum atomic E-state index is 11.3. The molecule has 1 aromatic rings. The second-order valence-electron chi connectivity index (χ2n) is 2.38. The first-order valence-electron chi connectivity index (χ1n) is 3.58. The van der Waals surface area contributed by atoms with Crippen molar-refractivity contribution in [1.82, 2.24) is 9.97 Å². The topological polar surface area (TPSA) is 112 Å². The summed E-state index contributed by atoms with van der Waals surface area (Å²) in [6.07, 6.45) is 1.12. The van der Waals surface area contributed by atoms with Gasteiger partial charge in [0.2, 0.25) is 5.95 Å². The predicted molar refractivity (Wildman–Crippen MR) is 48.6 cm³/mol. The first kappa shape index (κ1) is 9.72. The van der Waals surface area contributed by atoms with Crippen molar-refractivity contribution in [2.45, 2.75) is 11.8 Å². The number of anilines is 2. The van der Waals surface area contributed by atoms with Gasteiger partial charge in [0.05, 0.1) is 11.9 Å². The Hall–Kier alpha value is -1.37. The molecule has 0 bridgehead atoms. The molecule has 0 aromatic carbocycles. The van der Waals surface area contributed by atoms with E-state index in [2.05, 4.69) is 9.97 Å². The van der Waals surface area contributed by atoms with E-state index in [1.165, 1.54) is 6.92 Å². The molecule has 1 aromatic heterocycles. The molecule has 7 heteroatoms. The van der Waals surface area contributed by atoms with Crippen LogP contribution in [0.2, 0.25) is 0 Å². The van der Waals surface area contributed by atoms with Crippen molar-refractivity contribution in [2.75, 3.05) is 17.2 Å². The second kappa shape index (κ2) is 3.17. The van der Waals surface area contributed by atoms with Crippen LogP contribution < -0.4 is 11.5 Å². The number of rotatable bonds is 2. The van der Waals surface area contributed by atoms with Crippen molar-refractivity contribution >= 4 is 21.6 Å². The van der Waals surface area contributed by atoms with Crippen molar-refractivity contribution < 1.29 is 8.42 Å². The molecular weight excluding hydrogens is 192 g/mol. The molecule has 0 fully saturated rings. The van der Waals surface area contributed by atoms with Crippen molar-refractivity contribution in [1.29, 1.82) is 0 Å². The molecule has 0 unspecified atom stereocenters. The predicted octanol–water partition coefficient (Wildman–Crippen LogP) is -0.565. The van der Waals surface area contributed by atoms with E-state index in [4.69, 9.17) is 11.5 Å². The van der Waals surface area contributed by atoms with E-state index in [0.717, 1.165) is 6.20 Å². The van der Waals surface area contributed by atoms with Crippen LogP contribution in [-0.2, 0) is 9.84 Å². The van der Waals surface area contributed by atoms with E-state index < -0.39 is 9.84 Å². The maximum Gasteiger partial charge on any atom is 0.221 e. The zero-order chi connectivity index (χ0) is 10.1. The highest BCUT2D eigenvalue weighted by molar-refractivity contribution is 7.91. The minimum atomic E-state index is -3.35. The highest BCUT2D eigenvalue weighted by atomic mass is 32.2. The Morgan fingerprint density at radius 3 is 2.54 bits per heavy atom. The summed E-state index contributed by atoms with van der Waals surface area (Å²) < 4.78 is 22.7. The van der Waals surface area contributed by atoms with Gasteiger partial charge in [-0.1, -0.05) is 6.92 Å². The van der Waals surface area contributed by atoms with Crippen molar-refractivity contribution in [3.05, 3.63) is 6.20 Å². The summed E-state index contributed by atoms with van der Waals surface area (Å²) in [5, 5.41) is 0. The zero-order valence-corrected chi connectivity index (χ0v) is 7.87. The van der Waals surface area contributed by atoms with Crippen LogP contribution in [0.1, 0.15) is 6.92 Å². The first-order valence-corrected chi connectivity index (χ1v) is 5.23. The van der Waals surface area contributed by atoms with Gasteiger partial charge in [-0.15, -0.1) is 0 Å². The maximum absolute atomic E-state index is 11.3. The van der Waals surface area contributed by atoms with Gasteiger partial charge in [-0.05, 0) is 0 Å². The van der Waals surface area contributed by atoms with E-state index in [0.29, 0.717) is 0 Å². The smallest absolute Gasteiger partial charge is 0.221 e. The lowest BCUT2D eigenvalue weighted by Gasteiger charge is -2.03. The fourth-order valence-corrected chi connectivity index (χ4v) is 1.68. The number of nitrogens with zero attached hydrogens (tertiary/aromatic N) is 2. The standard InChI is InChI=1S/C6H10N4O2S/c1-2-13(11,12)4-3-9-6(8)10-5(4)7/h3H,2H2,1H3,(H4,7,8,9,10). The number of hydrogen-bond donors (Lipinski definition) is 2. The number of hydrogen-bond acceptors (Lipinski definition) is 6. The van der Waals surface area contributed by atoms with Gasteiger partial charge in [0.25, 0.3) is 0 Å². The lowest BCUT2D eigenvalue weighted by Crippen LogP contribution is -2.10. The molecule has 0 spiro atoms. The lowest BCUT2D eigenvalue weighted by atomic mass is 10.6. The molecule has 6 nitrogen and oxygen atoms in total. The van der Waals surface area contributed by atoms with Crippen LogP contribution in [0.15, 0.2) is 11.1 Å².